The topological polar surface area (TPSA) is 111 Å². The molecule has 2 amide bonds. The lowest BCUT2D eigenvalue weighted by Gasteiger charge is -2.18. The molecule has 0 fully saturated rings. The number of amides is 2. The molecule has 0 heterocycles. The Morgan fingerprint density at radius 3 is 2.27 bits per heavy atom. The van der Waals surface area contributed by atoms with E-state index in [4.69, 9.17) is 9.47 Å². The minimum absolute atomic E-state index is 0.0495. The van der Waals surface area contributed by atoms with Gasteiger partial charge < -0.3 is 19.7 Å². The van der Waals surface area contributed by atoms with Gasteiger partial charge in [0.15, 0.2) is 6.61 Å². The third-order valence-corrected chi connectivity index (χ3v) is 4.67. The number of nitrogens with zero attached hydrogens (tertiary/aromatic N) is 2. The molecular formula is C24H23N3O6. The summed E-state index contributed by atoms with van der Waals surface area (Å²) in [5, 5.41) is 13.8. The summed E-state index contributed by atoms with van der Waals surface area (Å²) < 4.78 is 10.7. The highest BCUT2D eigenvalue weighted by Crippen LogP contribution is 2.29. The Kier molecular flexibility index (Phi) is 7.59. The van der Waals surface area contributed by atoms with Crippen LogP contribution in [-0.4, -0.2) is 37.0 Å². The summed E-state index contributed by atoms with van der Waals surface area (Å²) in [5.41, 5.74) is 1.00. The van der Waals surface area contributed by atoms with Crippen LogP contribution in [0.4, 0.5) is 17.1 Å². The zero-order valence-corrected chi connectivity index (χ0v) is 18.2. The van der Waals surface area contributed by atoms with Crippen molar-refractivity contribution in [2.45, 2.75) is 6.92 Å². The van der Waals surface area contributed by atoms with Gasteiger partial charge in [0, 0.05) is 18.3 Å². The lowest BCUT2D eigenvalue weighted by atomic mass is 10.2. The Balaban J connectivity index is 1.59. The number of hydrogen-bond donors (Lipinski definition) is 1. The van der Waals surface area contributed by atoms with Crippen LogP contribution in [0, 0.1) is 10.1 Å². The highest BCUT2D eigenvalue weighted by atomic mass is 16.6. The fourth-order valence-corrected chi connectivity index (χ4v) is 3.02. The molecule has 0 aliphatic rings. The zero-order chi connectivity index (χ0) is 23.8. The lowest BCUT2D eigenvalue weighted by molar-refractivity contribution is -0.384. The minimum atomic E-state index is -0.592. The van der Waals surface area contributed by atoms with E-state index >= 15 is 0 Å². The second-order valence-electron chi connectivity index (χ2n) is 6.93. The zero-order valence-electron chi connectivity index (χ0n) is 18.2. The van der Waals surface area contributed by atoms with Crippen LogP contribution in [0.1, 0.15) is 17.3 Å². The molecule has 3 aromatic rings. The van der Waals surface area contributed by atoms with Gasteiger partial charge in [-0.15, -0.1) is 0 Å². The summed E-state index contributed by atoms with van der Waals surface area (Å²) in [5.74, 6) is 0.0493. The SMILES string of the molecule is CCOc1ccc(NC(=O)COc2ccc(N(C)C(=O)c3ccccc3)cc2)c([N+](=O)[O-])c1. The Morgan fingerprint density at radius 2 is 1.64 bits per heavy atom. The van der Waals surface area contributed by atoms with E-state index in [0.29, 0.717) is 29.4 Å². The molecule has 0 radical (unpaired) electrons. The quantitative estimate of drug-likeness (QED) is 0.385. The summed E-state index contributed by atoms with van der Waals surface area (Å²) in [6.07, 6.45) is 0. The fraction of sp³-hybridized carbons (Fsp3) is 0.167. The van der Waals surface area contributed by atoms with Crippen LogP contribution in [0.2, 0.25) is 0 Å². The number of ether oxygens (including phenoxy) is 2. The summed E-state index contributed by atoms with van der Waals surface area (Å²) in [4.78, 5) is 37.0. The first-order valence-corrected chi connectivity index (χ1v) is 10.2. The smallest absolute Gasteiger partial charge is 0.296 e. The first-order chi connectivity index (χ1) is 15.9. The highest BCUT2D eigenvalue weighted by Gasteiger charge is 2.18. The van der Waals surface area contributed by atoms with Crippen LogP contribution in [0.15, 0.2) is 72.8 Å². The van der Waals surface area contributed by atoms with Gasteiger partial charge in [0.2, 0.25) is 0 Å². The van der Waals surface area contributed by atoms with Crippen LogP contribution < -0.4 is 19.7 Å². The molecule has 0 unspecified atom stereocenters. The van der Waals surface area contributed by atoms with Crippen LogP contribution in [0.25, 0.3) is 0 Å². The van der Waals surface area contributed by atoms with E-state index in [1.54, 1.807) is 68.6 Å². The van der Waals surface area contributed by atoms with Gasteiger partial charge in [-0.3, -0.25) is 19.7 Å². The minimum Gasteiger partial charge on any atom is -0.494 e. The summed E-state index contributed by atoms with van der Waals surface area (Å²) >= 11 is 0. The van der Waals surface area contributed by atoms with E-state index in [1.165, 1.54) is 17.0 Å². The average Bonchev–Trinajstić information content (AvgIpc) is 2.83. The third-order valence-electron chi connectivity index (χ3n) is 4.67. The van der Waals surface area contributed by atoms with Gasteiger partial charge in [-0.2, -0.15) is 0 Å². The maximum absolute atomic E-state index is 12.5. The number of nitrogens with one attached hydrogen (secondary N) is 1. The third kappa shape index (κ3) is 6.07. The van der Waals surface area contributed by atoms with E-state index < -0.39 is 10.8 Å². The van der Waals surface area contributed by atoms with Crippen molar-refractivity contribution in [3.63, 3.8) is 0 Å². The van der Waals surface area contributed by atoms with E-state index in [-0.39, 0.29) is 23.9 Å². The molecule has 3 aromatic carbocycles. The van der Waals surface area contributed by atoms with Gasteiger partial charge >= 0.3 is 0 Å². The molecule has 9 heteroatoms. The Labute approximate surface area is 190 Å². The highest BCUT2D eigenvalue weighted by molar-refractivity contribution is 6.05. The van der Waals surface area contributed by atoms with Crippen molar-refractivity contribution in [2.24, 2.45) is 0 Å². The number of nitro groups is 1. The Hall–Kier alpha value is -4.40. The van der Waals surface area contributed by atoms with E-state index in [2.05, 4.69) is 5.32 Å². The first-order valence-electron chi connectivity index (χ1n) is 10.2. The van der Waals surface area contributed by atoms with Gasteiger partial charge in [0.1, 0.15) is 17.2 Å². The molecule has 0 bridgehead atoms. The molecule has 170 valence electrons. The summed E-state index contributed by atoms with van der Waals surface area (Å²) in [6.45, 7) is 1.79. The predicted octanol–water partition coefficient (Wildman–Crippen LogP) is 4.29. The van der Waals surface area contributed by atoms with Crippen LogP contribution in [-0.2, 0) is 4.79 Å². The average molecular weight is 449 g/mol. The summed E-state index contributed by atoms with van der Waals surface area (Å²) in [6, 6.07) is 19.8. The molecule has 3 rings (SSSR count). The van der Waals surface area contributed by atoms with Crippen LogP contribution in [0.5, 0.6) is 11.5 Å². The lowest BCUT2D eigenvalue weighted by Crippen LogP contribution is -2.26. The number of carbonyl (C=O) groups excluding carboxylic acids is 2. The molecule has 0 aliphatic heterocycles. The van der Waals surface area contributed by atoms with Crippen LogP contribution in [0.3, 0.4) is 0 Å². The van der Waals surface area contributed by atoms with Crippen molar-refractivity contribution in [3.8, 4) is 11.5 Å². The first kappa shape index (κ1) is 23.3. The largest absolute Gasteiger partial charge is 0.494 e. The summed E-state index contributed by atoms with van der Waals surface area (Å²) in [7, 11) is 1.67. The van der Waals surface area contributed by atoms with E-state index in [0.717, 1.165) is 0 Å². The van der Waals surface area contributed by atoms with Crippen molar-refractivity contribution < 1.29 is 24.0 Å². The molecule has 0 saturated carbocycles. The molecule has 0 aliphatic carbocycles. The van der Waals surface area contributed by atoms with E-state index in [1.807, 2.05) is 6.07 Å². The molecular weight excluding hydrogens is 426 g/mol. The predicted molar refractivity (Wildman–Crippen MR) is 124 cm³/mol. The standard InChI is InChI=1S/C24H23N3O6/c1-3-32-20-13-14-21(22(15-20)27(30)31)25-23(28)16-33-19-11-9-18(10-12-19)26(2)24(29)17-7-5-4-6-8-17/h4-15H,3,16H2,1-2H3,(H,25,28). The van der Waals surface area contributed by atoms with Crippen LogP contribution >= 0.6 is 0 Å². The maximum atomic E-state index is 12.5. The van der Waals surface area contributed by atoms with Gasteiger partial charge in [-0.05, 0) is 55.5 Å². The number of benzene rings is 3. The number of nitro benzene ring substituents is 1. The number of carbonyl (C=O) groups is 2. The molecule has 0 spiro atoms. The van der Waals surface area contributed by atoms with Crippen molar-refractivity contribution in [2.75, 3.05) is 30.5 Å². The second-order valence-corrected chi connectivity index (χ2v) is 6.93. The Bertz CT molecular complexity index is 1130. The molecule has 0 saturated heterocycles. The van der Waals surface area contributed by atoms with E-state index in [9.17, 15) is 19.7 Å². The molecule has 0 atom stereocenters. The van der Waals surface area contributed by atoms with Gasteiger partial charge in [-0.1, -0.05) is 18.2 Å². The maximum Gasteiger partial charge on any atom is 0.296 e. The Morgan fingerprint density at radius 1 is 0.970 bits per heavy atom. The molecule has 1 N–H and O–H groups in total. The van der Waals surface area contributed by atoms with Gasteiger partial charge in [0.25, 0.3) is 17.5 Å². The number of anilines is 2. The fourth-order valence-electron chi connectivity index (χ4n) is 3.02. The molecule has 9 nitrogen and oxygen atoms in total. The van der Waals surface area contributed by atoms with Gasteiger partial charge in [-0.25, -0.2) is 0 Å². The molecule has 0 aromatic heterocycles. The molecule has 33 heavy (non-hydrogen) atoms. The number of hydrogen-bond acceptors (Lipinski definition) is 6. The van der Waals surface area contributed by atoms with Crippen molar-refractivity contribution in [1.82, 2.24) is 0 Å². The monoisotopic (exact) mass is 449 g/mol. The van der Waals surface area contributed by atoms with Gasteiger partial charge in [0.05, 0.1) is 17.6 Å². The van der Waals surface area contributed by atoms with Crippen molar-refractivity contribution in [3.05, 3.63) is 88.5 Å². The van der Waals surface area contributed by atoms with Crippen molar-refractivity contribution in [1.29, 1.82) is 0 Å². The normalized spacial score (nSPS) is 10.2. The second kappa shape index (κ2) is 10.8. The number of rotatable bonds is 9. The van der Waals surface area contributed by atoms with Crippen molar-refractivity contribution >= 4 is 28.9 Å².